The van der Waals surface area contributed by atoms with Crippen molar-refractivity contribution in [2.75, 3.05) is 69.2 Å². The highest BCUT2D eigenvalue weighted by Gasteiger charge is 2.25. The normalized spacial score (nSPS) is 15.0. The fourth-order valence-corrected chi connectivity index (χ4v) is 7.39. The van der Waals surface area contributed by atoms with E-state index in [-0.39, 0.29) is 0 Å². The number of allylic oxidation sites excluding steroid dienone is 1. The van der Waals surface area contributed by atoms with Gasteiger partial charge in [-0.1, -0.05) is 12.2 Å². The summed E-state index contributed by atoms with van der Waals surface area (Å²) in [7, 11) is 1.06. The van der Waals surface area contributed by atoms with Gasteiger partial charge in [-0.2, -0.15) is 4.98 Å². The number of nitrogens with one attached hydrogen (secondary N) is 2. The first-order valence-electron chi connectivity index (χ1n) is 14.9. The lowest BCUT2D eigenvalue weighted by molar-refractivity contribution is 0.313. The molecule has 2 N–H and O–H groups in total. The standard InChI is InChI=1S/C33H35N8O3P/c1-40-13-15-41(16-14-40)28-19-29(43-2)27(18-23(28)21-10-17-44-20-21)38-33-37-24-7-5-6-22(24)32(39-33)36-26-9-8-25-30(35-12-11-34-25)31(26)45(3,4)42/h5-6,8-12,17-20H,7,13-16H2,1-4H3,(H2,36,37,38,39). The number of piperazine rings is 1. The first-order valence-corrected chi connectivity index (χ1v) is 17.5. The Balaban J connectivity index is 1.29. The molecule has 5 aromatic rings. The van der Waals surface area contributed by atoms with Gasteiger partial charge < -0.3 is 34.2 Å². The monoisotopic (exact) mass is 622 g/mol. The second kappa shape index (κ2) is 11.6. The molecule has 0 saturated carbocycles. The zero-order valence-electron chi connectivity index (χ0n) is 25.7. The predicted octanol–water partition coefficient (Wildman–Crippen LogP) is 5.74. The molecule has 4 heterocycles. The van der Waals surface area contributed by atoms with Crippen LogP contribution < -0.4 is 25.6 Å². The molecule has 3 aromatic heterocycles. The Labute approximate surface area is 261 Å². The Kier molecular flexibility index (Phi) is 7.51. The highest BCUT2D eigenvalue weighted by molar-refractivity contribution is 7.71. The van der Waals surface area contributed by atoms with E-state index < -0.39 is 7.14 Å². The average Bonchev–Trinajstić information content (AvgIpc) is 3.74. The zero-order valence-corrected chi connectivity index (χ0v) is 26.6. The van der Waals surface area contributed by atoms with E-state index >= 15 is 0 Å². The van der Waals surface area contributed by atoms with Gasteiger partial charge in [-0.3, -0.25) is 9.97 Å². The maximum Gasteiger partial charge on any atom is 0.229 e. The lowest BCUT2D eigenvalue weighted by Crippen LogP contribution is -2.44. The number of nitrogens with zero attached hydrogens (tertiary/aromatic N) is 6. The van der Waals surface area contributed by atoms with Crippen LogP contribution in [0.4, 0.5) is 28.8 Å². The number of hydrogen-bond donors (Lipinski definition) is 2. The van der Waals surface area contributed by atoms with Crippen LogP contribution in [0, 0.1) is 0 Å². The molecule has 0 unspecified atom stereocenters. The molecule has 1 aliphatic carbocycles. The molecular formula is C33H35N8O3P. The summed E-state index contributed by atoms with van der Waals surface area (Å²) in [4.78, 5) is 23.5. The fourth-order valence-electron chi connectivity index (χ4n) is 6.00. The van der Waals surface area contributed by atoms with Crippen LogP contribution in [0.1, 0.15) is 11.3 Å². The number of likely N-dealkylation sites (N-methyl/N-ethyl adjacent to an activating group) is 1. The number of benzene rings is 2. The van der Waals surface area contributed by atoms with Crippen molar-refractivity contribution >= 4 is 58.4 Å². The first kappa shape index (κ1) is 29.0. The first-order chi connectivity index (χ1) is 21.8. The summed E-state index contributed by atoms with van der Waals surface area (Å²) in [5.41, 5.74) is 7.60. The van der Waals surface area contributed by atoms with Crippen LogP contribution in [0.2, 0.25) is 0 Å². The van der Waals surface area contributed by atoms with Gasteiger partial charge in [-0.25, -0.2) is 4.98 Å². The maximum absolute atomic E-state index is 13.5. The SMILES string of the molecule is COc1cc(N2CCN(C)CC2)c(-c2ccoc2)cc1Nc1nc2c(c(Nc3ccc4nccnc4c3P(C)(C)=O)n1)C=CC2. The summed E-state index contributed by atoms with van der Waals surface area (Å²) >= 11 is 0. The Hall–Kier alpha value is -4.73. The molecule has 1 fully saturated rings. The summed E-state index contributed by atoms with van der Waals surface area (Å²) in [6.07, 6.45) is 11.5. The lowest BCUT2D eigenvalue weighted by Gasteiger charge is -2.35. The second-order valence-corrected chi connectivity index (χ2v) is 14.9. The van der Waals surface area contributed by atoms with Crippen LogP contribution in [0.15, 0.2) is 65.7 Å². The molecular weight excluding hydrogens is 587 g/mol. The van der Waals surface area contributed by atoms with E-state index in [9.17, 15) is 4.57 Å². The number of aromatic nitrogens is 4. The van der Waals surface area contributed by atoms with E-state index in [0.717, 1.165) is 59.9 Å². The molecule has 45 heavy (non-hydrogen) atoms. The number of furan rings is 1. The average molecular weight is 623 g/mol. The van der Waals surface area contributed by atoms with E-state index in [1.54, 1.807) is 45.4 Å². The van der Waals surface area contributed by atoms with Crippen LogP contribution in [0.3, 0.4) is 0 Å². The molecule has 11 nitrogen and oxygen atoms in total. The van der Waals surface area contributed by atoms with Crippen molar-refractivity contribution in [3.8, 4) is 16.9 Å². The molecule has 0 atom stereocenters. The zero-order chi connectivity index (χ0) is 31.1. The summed E-state index contributed by atoms with van der Waals surface area (Å²) < 4.78 is 24.9. The summed E-state index contributed by atoms with van der Waals surface area (Å²) in [6.45, 7) is 7.28. The lowest BCUT2D eigenvalue weighted by atomic mass is 10.0. The quantitative estimate of drug-likeness (QED) is 0.206. The maximum atomic E-state index is 13.5. The van der Waals surface area contributed by atoms with E-state index in [1.807, 2.05) is 24.3 Å². The van der Waals surface area contributed by atoms with Crippen molar-refractivity contribution in [1.29, 1.82) is 0 Å². The van der Waals surface area contributed by atoms with Crippen LogP contribution in [-0.4, -0.2) is 78.5 Å². The van der Waals surface area contributed by atoms with Gasteiger partial charge in [0.15, 0.2) is 0 Å². The van der Waals surface area contributed by atoms with Crippen LogP contribution >= 0.6 is 7.14 Å². The number of rotatable bonds is 8. The Bertz CT molecular complexity index is 1960. The smallest absolute Gasteiger partial charge is 0.229 e. The highest BCUT2D eigenvalue weighted by Crippen LogP contribution is 2.43. The second-order valence-electron chi connectivity index (χ2n) is 11.7. The largest absolute Gasteiger partial charge is 0.494 e. The number of hydrogen-bond acceptors (Lipinski definition) is 11. The van der Waals surface area contributed by atoms with Gasteiger partial charge in [0, 0.05) is 73.4 Å². The molecule has 0 bridgehead atoms. The number of anilines is 5. The van der Waals surface area contributed by atoms with E-state index in [0.29, 0.717) is 46.0 Å². The van der Waals surface area contributed by atoms with Crippen LogP contribution in [0.25, 0.3) is 28.2 Å². The Morgan fingerprint density at radius 1 is 0.978 bits per heavy atom. The minimum atomic E-state index is -2.76. The van der Waals surface area contributed by atoms with Crippen molar-refractivity contribution < 1.29 is 13.7 Å². The van der Waals surface area contributed by atoms with Crippen molar-refractivity contribution in [3.63, 3.8) is 0 Å². The Morgan fingerprint density at radius 3 is 2.56 bits per heavy atom. The minimum absolute atomic E-state index is 0.419. The van der Waals surface area contributed by atoms with Gasteiger partial charge in [-0.05, 0) is 44.6 Å². The Morgan fingerprint density at radius 2 is 1.80 bits per heavy atom. The number of ether oxygens (including phenoxy) is 1. The molecule has 0 spiro atoms. The number of fused-ring (bicyclic) bond motifs is 2. The van der Waals surface area contributed by atoms with Gasteiger partial charge in [0.25, 0.3) is 0 Å². The van der Waals surface area contributed by atoms with Crippen molar-refractivity contribution in [2.24, 2.45) is 0 Å². The fraction of sp³-hybridized carbons (Fsp3) is 0.273. The van der Waals surface area contributed by atoms with Gasteiger partial charge in [0.05, 0.1) is 47.5 Å². The van der Waals surface area contributed by atoms with Crippen LogP contribution in [0.5, 0.6) is 5.75 Å². The third-order valence-corrected chi connectivity index (χ3v) is 9.80. The molecule has 1 aliphatic heterocycles. The molecule has 0 amide bonds. The summed E-state index contributed by atoms with van der Waals surface area (Å²) in [5.74, 6) is 1.71. The van der Waals surface area contributed by atoms with Gasteiger partial charge in [0.1, 0.15) is 24.2 Å². The molecule has 0 radical (unpaired) electrons. The molecule has 2 aliphatic rings. The van der Waals surface area contributed by atoms with E-state index in [2.05, 4.69) is 55.7 Å². The van der Waals surface area contributed by atoms with Gasteiger partial charge in [0.2, 0.25) is 5.95 Å². The van der Waals surface area contributed by atoms with E-state index in [1.165, 1.54) is 0 Å². The summed E-state index contributed by atoms with van der Waals surface area (Å²) in [6, 6.07) is 9.89. The highest BCUT2D eigenvalue weighted by atomic mass is 31.2. The third kappa shape index (κ3) is 5.65. The van der Waals surface area contributed by atoms with E-state index in [4.69, 9.17) is 19.1 Å². The third-order valence-electron chi connectivity index (χ3n) is 8.27. The molecule has 2 aromatic carbocycles. The van der Waals surface area contributed by atoms with Gasteiger partial charge >= 0.3 is 0 Å². The van der Waals surface area contributed by atoms with Crippen molar-refractivity contribution in [1.82, 2.24) is 24.8 Å². The van der Waals surface area contributed by atoms with Crippen molar-refractivity contribution in [3.05, 3.63) is 72.6 Å². The summed E-state index contributed by atoms with van der Waals surface area (Å²) in [5, 5.41) is 7.56. The minimum Gasteiger partial charge on any atom is -0.494 e. The predicted molar refractivity (Wildman–Crippen MR) is 180 cm³/mol. The van der Waals surface area contributed by atoms with Crippen LogP contribution in [-0.2, 0) is 11.0 Å². The molecule has 1 saturated heterocycles. The molecule has 230 valence electrons. The number of methoxy groups -OCH3 is 1. The topological polar surface area (TPSA) is 122 Å². The van der Waals surface area contributed by atoms with Gasteiger partial charge in [-0.15, -0.1) is 0 Å². The molecule has 7 rings (SSSR count). The molecule has 12 heteroatoms. The van der Waals surface area contributed by atoms with Crippen molar-refractivity contribution in [2.45, 2.75) is 6.42 Å².